The maximum atomic E-state index is 13.4. The first-order valence-corrected chi connectivity index (χ1v) is 13.0. The summed E-state index contributed by atoms with van der Waals surface area (Å²) in [7, 11) is -3.79. The topological polar surface area (TPSA) is 75.7 Å². The molecular formula is C24H29ClN2O4S. The van der Waals surface area contributed by atoms with Gasteiger partial charge in [-0.25, -0.2) is 8.42 Å². The standard InChI is InChI=1S/C24H29ClN2O4S/c1-3-24(4-2)16-20(19-8-5-6-10-22(19)31-24)26-23(28)21-9-7-15-27(21)32(29,30)18-13-11-17(25)12-14-18/h5-6,8,10-14,20-21H,3-4,7,9,15-16H2,1-2H3,(H,26,28)/t20-,21+/m1/s1. The van der Waals surface area contributed by atoms with Crippen LogP contribution in [0.4, 0.5) is 0 Å². The predicted molar refractivity (Wildman–Crippen MR) is 124 cm³/mol. The number of fused-ring (bicyclic) bond motifs is 1. The molecule has 2 aromatic rings. The average Bonchev–Trinajstić information content (AvgIpc) is 3.30. The van der Waals surface area contributed by atoms with Gasteiger partial charge in [0.15, 0.2) is 0 Å². The highest BCUT2D eigenvalue weighted by molar-refractivity contribution is 7.89. The quantitative estimate of drug-likeness (QED) is 0.656. The summed E-state index contributed by atoms with van der Waals surface area (Å²) in [6.07, 6.45) is 3.44. The molecular weight excluding hydrogens is 448 g/mol. The zero-order chi connectivity index (χ0) is 22.9. The molecule has 0 radical (unpaired) electrons. The fourth-order valence-electron chi connectivity index (χ4n) is 4.73. The number of para-hydroxylation sites is 1. The lowest BCUT2D eigenvalue weighted by atomic mass is 9.83. The second-order valence-corrected chi connectivity index (χ2v) is 10.8. The van der Waals surface area contributed by atoms with Gasteiger partial charge in [0, 0.05) is 23.6 Å². The summed E-state index contributed by atoms with van der Waals surface area (Å²) in [4.78, 5) is 13.5. The summed E-state index contributed by atoms with van der Waals surface area (Å²) in [6, 6.07) is 12.9. The molecule has 2 heterocycles. The Morgan fingerprint density at radius 2 is 1.84 bits per heavy atom. The van der Waals surface area contributed by atoms with Gasteiger partial charge in [-0.05, 0) is 56.0 Å². The van der Waals surface area contributed by atoms with Crippen LogP contribution in [0.2, 0.25) is 5.02 Å². The van der Waals surface area contributed by atoms with Crippen LogP contribution in [-0.4, -0.2) is 36.8 Å². The van der Waals surface area contributed by atoms with Crippen molar-refractivity contribution >= 4 is 27.5 Å². The fraction of sp³-hybridized carbons (Fsp3) is 0.458. The second-order valence-electron chi connectivity index (χ2n) is 8.52. The average molecular weight is 477 g/mol. The van der Waals surface area contributed by atoms with E-state index in [1.165, 1.54) is 16.4 Å². The highest BCUT2D eigenvalue weighted by Gasteiger charge is 2.43. The molecule has 0 unspecified atom stereocenters. The van der Waals surface area contributed by atoms with Crippen LogP contribution in [0.3, 0.4) is 0 Å². The number of rotatable bonds is 6. The van der Waals surface area contributed by atoms with Crippen LogP contribution in [0.25, 0.3) is 0 Å². The number of nitrogens with zero attached hydrogens (tertiary/aromatic N) is 1. The Bertz CT molecular complexity index is 1080. The number of hydrogen-bond acceptors (Lipinski definition) is 4. The van der Waals surface area contributed by atoms with Gasteiger partial charge in [0.1, 0.15) is 17.4 Å². The van der Waals surface area contributed by atoms with Gasteiger partial charge in [0.2, 0.25) is 15.9 Å². The molecule has 2 aliphatic rings. The van der Waals surface area contributed by atoms with Crippen LogP contribution in [0.1, 0.15) is 57.6 Å². The maximum Gasteiger partial charge on any atom is 0.243 e. The molecule has 0 aliphatic carbocycles. The first kappa shape index (κ1) is 23.1. The van der Waals surface area contributed by atoms with E-state index in [2.05, 4.69) is 19.2 Å². The van der Waals surface area contributed by atoms with E-state index in [-0.39, 0.29) is 22.4 Å². The van der Waals surface area contributed by atoms with E-state index in [0.29, 0.717) is 30.8 Å². The highest BCUT2D eigenvalue weighted by Crippen LogP contribution is 2.43. The third-order valence-electron chi connectivity index (χ3n) is 6.73. The van der Waals surface area contributed by atoms with Gasteiger partial charge in [-0.15, -0.1) is 0 Å². The third kappa shape index (κ3) is 4.26. The van der Waals surface area contributed by atoms with Crippen LogP contribution in [0, 0.1) is 0 Å². The summed E-state index contributed by atoms with van der Waals surface area (Å²) in [5.41, 5.74) is 0.584. The number of amides is 1. The lowest BCUT2D eigenvalue weighted by Crippen LogP contribution is -2.50. The number of hydrogen-bond donors (Lipinski definition) is 1. The minimum atomic E-state index is -3.79. The van der Waals surface area contributed by atoms with E-state index >= 15 is 0 Å². The van der Waals surface area contributed by atoms with Crippen molar-refractivity contribution in [3.05, 3.63) is 59.1 Å². The molecule has 172 valence electrons. The number of nitrogens with one attached hydrogen (secondary N) is 1. The van der Waals surface area contributed by atoms with Gasteiger partial charge in [-0.3, -0.25) is 4.79 Å². The number of carbonyl (C=O) groups excluding carboxylic acids is 1. The monoisotopic (exact) mass is 476 g/mol. The van der Waals surface area contributed by atoms with E-state index in [1.54, 1.807) is 12.1 Å². The van der Waals surface area contributed by atoms with Crippen LogP contribution < -0.4 is 10.1 Å². The zero-order valence-electron chi connectivity index (χ0n) is 18.4. The van der Waals surface area contributed by atoms with Crippen molar-refractivity contribution in [2.75, 3.05) is 6.54 Å². The van der Waals surface area contributed by atoms with Gasteiger partial charge in [-0.1, -0.05) is 43.6 Å². The van der Waals surface area contributed by atoms with Crippen LogP contribution >= 0.6 is 11.6 Å². The summed E-state index contributed by atoms with van der Waals surface area (Å²) in [6.45, 7) is 4.50. The minimum Gasteiger partial charge on any atom is -0.487 e. The van der Waals surface area contributed by atoms with Crippen molar-refractivity contribution in [3.63, 3.8) is 0 Å². The Hall–Kier alpha value is -2.09. The highest BCUT2D eigenvalue weighted by atomic mass is 35.5. The SMILES string of the molecule is CCC1(CC)C[C@@H](NC(=O)[C@@H]2CCCN2S(=O)(=O)c2ccc(Cl)cc2)c2ccccc2O1. The fourth-order valence-corrected chi connectivity index (χ4v) is 6.51. The number of sulfonamides is 1. The zero-order valence-corrected chi connectivity index (χ0v) is 20.0. The van der Waals surface area contributed by atoms with Gasteiger partial charge in [-0.2, -0.15) is 4.31 Å². The smallest absolute Gasteiger partial charge is 0.243 e. The van der Waals surface area contributed by atoms with E-state index in [4.69, 9.17) is 16.3 Å². The molecule has 1 N–H and O–H groups in total. The first-order valence-electron chi connectivity index (χ1n) is 11.2. The molecule has 4 rings (SSSR count). The third-order valence-corrected chi connectivity index (χ3v) is 8.90. The van der Waals surface area contributed by atoms with E-state index in [9.17, 15) is 13.2 Å². The molecule has 1 amide bonds. The van der Waals surface area contributed by atoms with Gasteiger partial charge >= 0.3 is 0 Å². The Kier molecular flexibility index (Phi) is 6.52. The summed E-state index contributed by atoms with van der Waals surface area (Å²) in [5.74, 6) is 0.521. The van der Waals surface area contributed by atoms with Crippen LogP contribution in [-0.2, 0) is 14.8 Å². The van der Waals surface area contributed by atoms with Gasteiger partial charge in [0.05, 0.1) is 10.9 Å². The summed E-state index contributed by atoms with van der Waals surface area (Å²) in [5, 5.41) is 3.62. The van der Waals surface area contributed by atoms with E-state index < -0.39 is 16.1 Å². The molecule has 0 saturated carbocycles. The first-order chi connectivity index (χ1) is 15.3. The molecule has 1 fully saturated rings. The van der Waals surface area contributed by atoms with E-state index in [1.807, 2.05) is 24.3 Å². The second kappa shape index (κ2) is 9.04. The van der Waals surface area contributed by atoms with Gasteiger partial charge < -0.3 is 10.1 Å². The maximum absolute atomic E-state index is 13.4. The number of carbonyl (C=O) groups is 1. The molecule has 32 heavy (non-hydrogen) atoms. The molecule has 0 aromatic heterocycles. The van der Waals surface area contributed by atoms with E-state index in [0.717, 1.165) is 24.2 Å². The van der Waals surface area contributed by atoms with Crippen molar-refractivity contribution in [2.24, 2.45) is 0 Å². The largest absolute Gasteiger partial charge is 0.487 e. The minimum absolute atomic E-state index is 0.147. The molecule has 1 saturated heterocycles. The number of ether oxygens (including phenoxy) is 1. The van der Waals surface area contributed by atoms with Crippen molar-refractivity contribution in [2.45, 2.75) is 68.5 Å². The van der Waals surface area contributed by atoms with Crippen molar-refractivity contribution in [1.82, 2.24) is 9.62 Å². The van der Waals surface area contributed by atoms with Crippen molar-refractivity contribution in [1.29, 1.82) is 0 Å². The van der Waals surface area contributed by atoms with Crippen molar-refractivity contribution < 1.29 is 17.9 Å². The molecule has 2 atom stereocenters. The Morgan fingerprint density at radius 3 is 2.53 bits per heavy atom. The summed E-state index contributed by atoms with van der Waals surface area (Å²) >= 11 is 5.91. The Balaban J connectivity index is 1.58. The molecule has 0 bridgehead atoms. The molecule has 2 aromatic carbocycles. The molecule has 0 spiro atoms. The summed E-state index contributed by atoms with van der Waals surface area (Å²) < 4.78 is 34.1. The van der Waals surface area contributed by atoms with Gasteiger partial charge in [0.25, 0.3) is 0 Å². The molecule has 2 aliphatic heterocycles. The Labute approximate surface area is 195 Å². The lowest BCUT2D eigenvalue weighted by Gasteiger charge is -2.42. The molecule has 8 heteroatoms. The van der Waals surface area contributed by atoms with Crippen LogP contribution in [0.5, 0.6) is 5.75 Å². The normalized spacial score (nSPS) is 22.7. The van der Waals surface area contributed by atoms with Crippen molar-refractivity contribution in [3.8, 4) is 5.75 Å². The Morgan fingerprint density at radius 1 is 1.16 bits per heavy atom. The van der Waals surface area contributed by atoms with Crippen LogP contribution in [0.15, 0.2) is 53.4 Å². The predicted octanol–water partition coefficient (Wildman–Crippen LogP) is 4.69. The lowest BCUT2D eigenvalue weighted by molar-refractivity contribution is -0.125. The number of benzene rings is 2. The molecule has 6 nitrogen and oxygen atoms in total. The number of halogens is 1.